The maximum atomic E-state index is 12.7. The fourth-order valence-electron chi connectivity index (χ4n) is 3.60. The minimum Gasteiger partial charge on any atom is -0.444 e. The van der Waals surface area contributed by atoms with Crippen molar-refractivity contribution in [3.63, 3.8) is 0 Å². The first-order chi connectivity index (χ1) is 13.9. The van der Waals surface area contributed by atoms with Crippen molar-refractivity contribution in [3.05, 3.63) is 0 Å². The van der Waals surface area contributed by atoms with Crippen molar-refractivity contribution < 1.29 is 19.1 Å². The molecule has 9 nitrogen and oxygen atoms in total. The van der Waals surface area contributed by atoms with E-state index in [4.69, 9.17) is 4.74 Å². The highest BCUT2D eigenvalue weighted by molar-refractivity contribution is 8.15. The third-order valence-electron chi connectivity index (χ3n) is 5.08. The summed E-state index contributed by atoms with van der Waals surface area (Å²) >= 11 is 1.40. The van der Waals surface area contributed by atoms with Gasteiger partial charge in [0.1, 0.15) is 10.5 Å². The highest BCUT2D eigenvalue weighted by Crippen LogP contribution is 2.44. The molecule has 2 aliphatic rings. The summed E-state index contributed by atoms with van der Waals surface area (Å²) < 4.78 is 5.46. The summed E-state index contributed by atoms with van der Waals surface area (Å²) in [7, 11) is 3.75. The Morgan fingerprint density at radius 1 is 1.27 bits per heavy atom. The molecule has 1 saturated heterocycles. The summed E-state index contributed by atoms with van der Waals surface area (Å²) in [6.45, 7) is 9.93. The molecule has 1 spiro atoms. The number of amides is 3. The molecule has 2 aliphatic heterocycles. The fourth-order valence-corrected chi connectivity index (χ4v) is 4.87. The first-order valence-electron chi connectivity index (χ1n) is 10.4. The van der Waals surface area contributed by atoms with Crippen molar-refractivity contribution in [2.75, 3.05) is 27.2 Å². The van der Waals surface area contributed by atoms with Gasteiger partial charge < -0.3 is 15.0 Å². The number of hydrogen-bond acceptors (Lipinski definition) is 7. The van der Waals surface area contributed by atoms with Crippen LogP contribution in [-0.4, -0.2) is 81.6 Å². The molecule has 1 N–H and O–H groups in total. The zero-order chi connectivity index (χ0) is 22.7. The van der Waals surface area contributed by atoms with E-state index < -0.39 is 10.5 Å². The van der Waals surface area contributed by atoms with Gasteiger partial charge in [0.05, 0.1) is 6.04 Å². The first kappa shape index (κ1) is 24.5. The minimum atomic E-state index is -0.592. The number of likely N-dealkylation sites (tertiary alicyclic amines) is 1. The van der Waals surface area contributed by atoms with Gasteiger partial charge in [-0.15, -0.1) is 5.10 Å². The second kappa shape index (κ2) is 9.55. The van der Waals surface area contributed by atoms with Crippen molar-refractivity contribution >= 4 is 34.8 Å². The third-order valence-corrected chi connectivity index (χ3v) is 6.41. The molecule has 3 amide bonds. The largest absolute Gasteiger partial charge is 0.444 e. The van der Waals surface area contributed by atoms with Gasteiger partial charge in [-0.2, -0.15) is 0 Å². The van der Waals surface area contributed by atoms with Crippen molar-refractivity contribution in [1.29, 1.82) is 0 Å². The summed E-state index contributed by atoms with van der Waals surface area (Å²) in [4.78, 5) is 40.3. The van der Waals surface area contributed by atoms with Crippen molar-refractivity contribution in [3.8, 4) is 0 Å². The van der Waals surface area contributed by atoms with Crippen molar-refractivity contribution in [2.45, 2.75) is 76.8 Å². The average molecular weight is 442 g/mol. The van der Waals surface area contributed by atoms with E-state index in [0.717, 1.165) is 12.8 Å². The number of nitrogens with one attached hydrogen (secondary N) is 1. The van der Waals surface area contributed by atoms with E-state index in [1.165, 1.54) is 23.7 Å². The minimum absolute atomic E-state index is 0.125. The number of amidine groups is 1. The molecule has 2 heterocycles. The Morgan fingerprint density at radius 3 is 2.33 bits per heavy atom. The molecule has 170 valence electrons. The molecular formula is C20H35N5O4S. The summed E-state index contributed by atoms with van der Waals surface area (Å²) in [5, 5.41) is 9.21. The lowest BCUT2D eigenvalue weighted by molar-refractivity contribution is -0.133. The maximum Gasteiger partial charge on any atom is 0.410 e. The Balaban J connectivity index is 2.06. The Morgan fingerprint density at radius 2 is 1.87 bits per heavy atom. The van der Waals surface area contributed by atoms with Gasteiger partial charge in [0, 0.05) is 32.9 Å². The molecular weight excluding hydrogens is 406 g/mol. The van der Waals surface area contributed by atoms with E-state index in [9.17, 15) is 14.4 Å². The first-order valence-corrected chi connectivity index (χ1v) is 11.2. The lowest BCUT2D eigenvalue weighted by Gasteiger charge is -2.41. The van der Waals surface area contributed by atoms with Crippen LogP contribution in [0.4, 0.5) is 4.79 Å². The summed E-state index contributed by atoms with van der Waals surface area (Å²) in [6, 6.07) is -0.255. The van der Waals surface area contributed by atoms with Gasteiger partial charge in [-0.3, -0.25) is 14.5 Å². The smallest absolute Gasteiger partial charge is 0.410 e. The van der Waals surface area contributed by atoms with Crippen molar-refractivity contribution in [1.82, 2.24) is 20.1 Å². The SMILES string of the molecule is CCC[C@@H](C(=O)NC1=NN(C(C)=O)C2(CCN(C(=O)OC(C)(C)C)CC2)S1)N(C)C. The molecule has 0 aromatic heterocycles. The molecule has 1 atom stereocenters. The molecule has 0 saturated carbocycles. The lowest BCUT2D eigenvalue weighted by Crippen LogP contribution is -2.53. The number of thioether (sulfide) groups is 1. The quantitative estimate of drug-likeness (QED) is 0.720. The predicted octanol–water partition coefficient (Wildman–Crippen LogP) is 2.43. The molecule has 0 aliphatic carbocycles. The van der Waals surface area contributed by atoms with Gasteiger partial charge in [-0.25, -0.2) is 9.80 Å². The normalized spacial score (nSPS) is 19.7. The highest BCUT2D eigenvalue weighted by Gasteiger charge is 2.49. The van der Waals surface area contributed by atoms with Crippen LogP contribution >= 0.6 is 11.8 Å². The highest BCUT2D eigenvalue weighted by atomic mass is 32.2. The molecule has 30 heavy (non-hydrogen) atoms. The topological polar surface area (TPSA) is 94.6 Å². The molecule has 10 heteroatoms. The molecule has 0 bridgehead atoms. The van der Waals surface area contributed by atoms with E-state index in [1.807, 2.05) is 46.7 Å². The number of carbonyl (C=O) groups is 3. The predicted molar refractivity (Wildman–Crippen MR) is 118 cm³/mol. The Kier molecular flexibility index (Phi) is 7.79. The number of ether oxygens (including phenoxy) is 1. The van der Waals surface area contributed by atoms with Gasteiger partial charge in [0.25, 0.3) is 0 Å². The van der Waals surface area contributed by atoms with Crippen LogP contribution in [0.25, 0.3) is 0 Å². The van der Waals surface area contributed by atoms with Gasteiger partial charge in [-0.1, -0.05) is 25.1 Å². The van der Waals surface area contributed by atoms with Crippen LogP contribution in [0.3, 0.4) is 0 Å². The van der Waals surface area contributed by atoms with Crippen LogP contribution in [0.5, 0.6) is 0 Å². The molecule has 0 aromatic rings. The molecule has 0 unspecified atom stereocenters. The average Bonchev–Trinajstić information content (AvgIpc) is 2.96. The number of likely N-dealkylation sites (N-methyl/N-ethyl adjacent to an activating group) is 1. The van der Waals surface area contributed by atoms with Crippen LogP contribution in [-0.2, 0) is 14.3 Å². The fraction of sp³-hybridized carbons (Fsp3) is 0.800. The van der Waals surface area contributed by atoms with E-state index in [0.29, 0.717) is 31.1 Å². The van der Waals surface area contributed by atoms with E-state index >= 15 is 0 Å². The molecule has 2 rings (SSSR count). The Hall–Kier alpha value is -1.81. The second-order valence-electron chi connectivity index (χ2n) is 9.01. The van der Waals surface area contributed by atoms with Crippen LogP contribution in [0.1, 0.15) is 60.3 Å². The third kappa shape index (κ3) is 5.87. The monoisotopic (exact) mass is 441 g/mol. The Bertz CT molecular complexity index is 696. The maximum absolute atomic E-state index is 12.7. The van der Waals surface area contributed by atoms with E-state index in [2.05, 4.69) is 10.4 Å². The van der Waals surface area contributed by atoms with Gasteiger partial charge in [0.15, 0.2) is 5.17 Å². The zero-order valence-electron chi connectivity index (χ0n) is 19.2. The van der Waals surface area contributed by atoms with Crippen LogP contribution in [0.15, 0.2) is 5.10 Å². The standard InChI is InChI=1S/C20H35N5O4S/c1-8-9-15(23(6)7)16(27)21-17-22-25(14(2)26)20(30-17)10-12-24(13-11-20)18(28)29-19(3,4)5/h15H,8-13H2,1-7H3,(H,21,22,27)/t15-/m0/s1. The van der Waals surface area contributed by atoms with Crippen LogP contribution < -0.4 is 5.32 Å². The zero-order valence-corrected chi connectivity index (χ0v) is 20.0. The summed E-state index contributed by atoms with van der Waals surface area (Å²) in [5.74, 6) is -0.310. The van der Waals surface area contributed by atoms with E-state index in [-0.39, 0.29) is 23.9 Å². The number of carbonyl (C=O) groups excluding carboxylic acids is 3. The van der Waals surface area contributed by atoms with Gasteiger partial charge in [-0.05, 0) is 41.3 Å². The van der Waals surface area contributed by atoms with Gasteiger partial charge in [0.2, 0.25) is 11.8 Å². The van der Waals surface area contributed by atoms with E-state index in [1.54, 1.807) is 4.90 Å². The summed E-state index contributed by atoms with van der Waals surface area (Å²) in [5.41, 5.74) is -0.554. The number of nitrogens with zero attached hydrogens (tertiary/aromatic N) is 4. The van der Waals surface area contributed by atoms with Crippen LogP contribution in [0, 0.1) is 0 Å². The van der Waals surface area contributed by atoms with Gasteiger partial charge >= 0.3 is 6.09 Å². The Labute approximate surface area is 183 Å². The number of hydrazone groups is 1. The van der Waals surface area contributed by atoms with Crippen LogP contribution in [0.2, 0.25) is 0 Å². The second-order valence-corrected chi connectivity index (χ2v) is 10.4. The summed E-state index contributed by atoms with van der Waals surface area (Å²) in [6.07, 6.45) is 2.37. The molecule has 0 radical (unpaired) electrons. The number of piperidine rings is 1. The van der Waals surface area contributed by atoms with Crippen molar-refractivity contribution in [2.24, 2.45) is 5.10 Å². The molecule has 1 fully saturated rings. The lowest BCUT2D eigenvalue weighted by atomic mass is 10.0. The number of hydrogen-bond donors (Lipinski definition) is 1. The molecule has 0 aromatic carbocycles. The number of rotatable bonds is 4.